The minimum Gasteiger partial charge on any atom is -0.393 e. The lowest BCUT2D eigenvalue weighted by atomic mass is 10.2. The Bertz CT molecular complexity index is 593. The summed E-state index contributed by atoms with van der Waals surface area (Å²) in [5, 5.41) is 18.0. The molecule has 0 aliphatic carbocycles. The summed E-state index contributed by atoms with van der Waals surface area (Å²) < 4.78 is 25.5. The third kappa shape index (κ3) is 3.91. The number of benzene rings is 1. The fraction of sp³-hybridized carbons (Fsp3) is 0.417. The predicted molar refractivity (Wildman–Crippen MR) is 72.3 cm³/mol. The van der Waals surface area contributed by atoms with Crippen LogP contribution in [0.1, 0.15) is 18.9 Å². The van der Waals surface area contributed by atoms with Crippen LogP contribution in [-0.2, 0) is 10.0 Å². The Labute approximate surface area is 118 Å². The van der Waals surface area contributed by atoms with Crippen LogP contribution in [0.25, 0.3) is 0 Å². The standard InChI is InChI=1S/C12H15ClN2O3S/c1-9(16)5-6-15(2)19(17,18)11-4-3-10(8-14)12(13)7-11/h3-4,7,9,16H,5-6H2,1-2H3. The van der Waals surface area contributed by atoms with Crippen molar-refractivity contribution in [2.45, 2.75) is 24.3 Å². The summed E-state index contributed by atoms with van der Waals surface area (Å²) in [7, 11) is -2.22. The van der Waals surface area contributed by atoms with E-state index in [0.29, 0.717) is 6.42 Å². The van der Waals surface area contributed by atoms with Gasteiger partial charge in [0, 0.05) is 13.6 Å². The van der Waals surface area contributed by atoms with Crippen LogP contribution in [0.2, 0.25) is 5.02 Å². The number of hydrogen-bond donors (Lipinski definition) is 1. The van der Waals surface area contributed by atoms with E-state index in [1.54, 1.807) is 6.92 Å². The summed E-state index contributed by atoms with van der Waals surface area (Å²) in [6.07, 6.45) is -0.220. The van der Waals surface area contributed by atoms with Crippen LogP contribution in [0.4, 0.5) is 0 Å². The highest BCUT2D eigenvalue weighted by molar-refractivity contribution is 7.89. The van der Waals surface area contributed by atoms with E-state index < -0.39 is 16.1 Å². The summed E-state index contributed by atoms with van der Waals surface area (Å²) in [6, 6.07) is 5.85. The molecular weight excluding hydrogens is 288 g/mol. The molecule has 0 radical (unpaired) electrons. The van der Waals surface area contributed by atoms with Crippen molar-refractivity contribution in [2.24, 2.45) is 0 Å². The molecule has 104 valence electrons. The van der Waals surface area contributed by atoms with E-state index in [0.717, 1.165) is 4.31 Å². The highest BCUT2D eigenvalue weighted by Gasteiger charge is 2.21. The molecule has 0 bridgehead atoms. The molecule has 7 heteroatoms. The Morgan fingerprint density at radius 3 is 2.63 bits per heavy atom. The quantitative estimate of drug-likeness (QED) is 0.896. The molecule has 1 unspecified atom stereocenters. The number of aliphatic hydroxyl groups excluding tert-OH is 1. The molecule has 1 aromatic rings. The highest BCUT2D eigenvalue weighted by atomic mass is 35.5. The number of halogens is 1. The molecule has 1 aromatic carbocycles. The number of aliphatic hydroxyl groups is 1. The number of rotatable bonds is 5. The first-order chi connectivity index (χ1) is 8.78. The Hall–Kier alpha value is -1.13. The molecule has 0 saturated carbocycles. The average Bonchev–Trinajstić information content (AvgIpc) is 2.35. The molecule has 19 heavy (non-hydrogen) atoms. The van der Waals surface area contributed by atoms with Crippen molar-refractivity contribution in [2.75, 3.05) is 13.6 Å². The van der Waals surface area contributed by atoms with Crippen LogP contribution in [-0.4, -0.2) is 37.5 Å². The zero-order chi connectivity index (χ0) is 14.6. The second-order valence-corrected chi connectivity index (χ2v) is 6.67. The van der Waals surface area contributed by atoms with Gasteiger partial charge in [0.1, 0.15) is 6.07 Å². The summed E-state index contributed by atoms with van der Waals surface area (Å²) in [5.74, 6) is 0. The van der Waals surface area contributed by atoms with E-state index in [-0.39, 0.29) is 22.0 Å². The van der Waals surface area contributed by atoms with Crippen LogP contribution in [0.15, 0.2) is 23.1 Å². The molecular formula is C12H15ClN2O3S. The van der Waals surface area contributed by atoms with Crippen LogP contribution in [0.3, 0.4) is 0 Å². The molecule has 1 N–H and O–H groups in total. The summed E-state index contributed by atoms with van der Waals surface area (Å²) in [6.45, 7) is 1.80. The van der Waals surface area contributed by atoms with Crippen molar-refractivity contribution >= 4 is 21.6 Å². The van der Waals surface area contributed by atoms with Crippen LogP contribution < -0.4 is 0 Å². The molecule has 0 saturated heterocycles. The fourth-order valence-corrected chi connectivity index (χ4v) is 2.92. The van der Waals surface area contributed by atoms with Gasteiger partial charge in [-0.3, -0.25) is 0 Å². The number of sulfonamides is 1. The molecule has 0 aliphatic heterocycles. The third-order valence-electron chi connectivity index (χ3n) is 2.63. The maximum absolute atomic E-state index is 12.2. The highest BCUT2D eigenvalue weighted by Crippen LogP contribution is 2.22. The van der Waals surface area contributed by atoms with Gasteiger partial charge in [0.15, 0.2) is 0 Å². The van der Waals surface area contributed by atoms with Gasteiger partial charge in [0.2, 0.25) is 10.0 Å². The summed E-state index contributed by atoms with van der Waals surface area (Å²) >= 11 is 5.82. The first-order valence-corrected chi connectivity index (χ1v) is 7.45. The van der Waals surface area contributed by atoms with Gasteiger partial charge >= 0.3 is 0 Å². The first-order valence-electron chi connectivity index (χ1n) is 5.63. The molecule has 0 amide bonds. The van der Waals surface area contributed by atoms with Crippen molar-refractivity contribution in [3.05, 3.63) is 28.8 Å². The summed E-state index contributed by atoms with van der Waals surface area (Å²) in [5.41, 5.74) is 0.229. The topological polar surface area (TPSA) is 81.4 Å². The van der Waals surface area contributed by atoms with E-state index in [4.69, 9.17) is 16.9 Å². The Balaban J connectivity index is 3.01. The molecule has 0 fully saturated rings. The number of hydrogen-bond acceptors (Lipinski definition) is 4. The van der Waals surface area contributed by atoms with Crippen LogP contribution in [0, 0.1) is 11.3 Å². The number of nitriles is 1. The zero-order valence-electron chi connectivity index (χ0n) is 10.7. The van der Waals surface area contributed by atoms with Gasteiger partial charge in [-0.15, -0.1) is 0 Å². The molecule has 0 spiro atoms. The zero-order valence-corrected chi connectivity index (χ0v) is 12.2. The van der Waals surface area contributed by atoms with Gasteiger partial charge in [-0.25, -0.2) is 12.7 Å². The van der Waals surface area contributed by atoms with E-state index in [1.165, 1.54) is 25.2 Å². The Morgan fingerprint density at radius 1 is 1.53 bits per heavy atom. The fourth-order valence-electron chi connectivity index (χ4n) is 1.42. The van der Waals surface area contributed by atoms with Crippen LogP contribution in [0.5, 0.6) is 0 Å². The molecule has 0 aromatic heterocycles. The molecule has 0 aliphatic rings. The van der Waals surface area contributed by atoms with Crippen molar-refractivity contribution in [3.8, 4) is 6.07 Å². The summed E-state index contributed by atoms with van der Waals surface area (Å²) in [4.78, 5) is 0.0320. The van der Waals surface area contributed by atoms with Crippen LogP contribution >= 0.6 is 11.6 Å². The second-order valence-electron chi connectivity index (χ2n) is 4.22. The van der Waals surface area contributed by atoms with E-state index in [2.05, 4.69) is 0 Å². The minimum absolute atomic E-state index is 0.0320. The first kappa shape index (κ1) is 15.9. The van der Waals surface area contributed by atoms with Gasteiger partial charge < -0.3 is 5.11 Å². The van der Waals surface area contributed by atoms with Crippen molar-refractivity contribution in [3.63, 3.8) is 0 Å². The van der Waals surface area contributed by atoms with Gasteiger partial charge in [0.05, 0.1) is 21.6 Å². The lowest BCUT2D eigenvalue weighted by molar-refractivity contribution is 0.177. The van der Waals surface area contributed by atoms with Gasteiger partial charge in [0.25, 0.3) is 0 Å². The monoisotopic (exact) mass is 302 g/mol. The maximum atomic E-state index is 12.2. The largest absolute Gasteiger partial charge is 0.393 e. The average molecular weight is 303 g/mol. The Kier molecular flexibility index (Phi) is 5.32. The van der Waals surface area contributed by atoms with Gasteiger partial charge in [-0.2, -0.15) is 5.26 Å². The van der Waals surface area contributed by atoms with E-state index in [9.17, 15) is 13.5 Å². The van der Waals surface area contributed by atoms with Gasteiger partial charge in [-0.05, 0) is 31.5 Å². The maximum Gasteiger partial charge on any atom is 0.242 e. The lowest BCUT2D eigenvalue weighted by Gasteiger charge is -2.18. The van der Waals surface area contributed by atoms with Crippen molar-refractivity contribution in [1.29, 1.82) is 5.26 Å². The van der Waals surface area contributed by atoms with Crippen molar-refractivity contribution in [1.82, 2.24) is 4.31 Å². The second kappa shape index (κ2) is 6.35. The lowest BCUT2D eigenvalue weighted by Crippen LogP contribution is -2.29. The molecule has 1 atom stereocenters. The Morgan fingerprint density at radius 2 is 2.16 bits per heavy atom. The minimum atomic E-state index is -3.65. The SMILES string of the molecule is CC(O)CCN(C)S(=O)(=O)c1ccc(C#N)c(Cl)c1. The number of nitrogens with zero attached hydrogens (tertiary/aromatic N) is 2. The van der Waals surface area contributed by atoms with Crippen molar-refractivity contribution < 1.29 is 13.5 Å². The predicted octanol–water partition coefficient (Wildman–Crippen LogP) is 1.60. The van der Waals surface area contributed by atoms with E-state index >= 15 is 0 Å². The van der Waals surface area contributed by atoms with E-state index in [1.807, 2.05) is 6.07 Å². The normalized spacial score (nSPS) is 13.3. The smallest absolute Gasteiger partial charge is 0.242 e. The third-order valence-corrected chi connectivity index (χ3v) is 4.80. The molecule has 0 heterocycles. The molecule has 1 rings (SSSR count). The molecule has 5 nitrogen and oxygen atoms in total. The van der Waals surface area contributed by atoms with Gasteiger partial charge in [-0.1, -0.05) is 11.6 Å².